The third kappa shape index (κ3) is 5.84. The molecule has 5 aromatic rings. The number of rotatable bonds is 7. The van der Waals surface area contributed by atoms with Crippen LogP contribution in [0, 0.1) is 13.8 Å². The van der Waals surface area contributed by atoms with Crippen molar-refractivity contribution in [2.75, 3.05) is 5.32 Å². The zero-order valence-electron chi connectivity index (χ0n) is 22.3. The third-order valence-corrected chi connectivity index (χ3v) is 7.91. The molecule has 0 saturated carbocycles. The van der Waals surface area contributed by atoms with Crippen LogP contribution in [-0.2, 0) is 19.1 Å². The van der Waals surface area contributed by atoms with Crippen LogP contribution in [0.25, 0.3) is 22.0 Å². The largest absolute Gasteiger partial charge is 0.478 e. The minimum atomic E-state index is -4.53. The maximum Gasteiger partial charge on any atom is 0.418 e. The molecule has 5 rings (SSSR count). The van der Waals surface area contributed by atoms with E-state index in [1.165, 1.54) is 6.07 Å². The van der Waals surface area contributed by atoms with Crippen molar-refractivity contribution < 1.29 is 23.1 Å². The van der Waals surface area contributed by atoms with Gasteiger partial charge < -0.3 is 10.4 Å². The minimum absolute atomic E-state index is 0.0797. The van der Waals surface area contributed by atoms with Crippen LogP contribution in [-0.4, -0.2) is 16.1 Å². The van der Waals surface area contributed by atoms with Gasteiger partial charge in [0.15, 0.2) is 0 Å². The summed E-state index contributed by atoms with van der Waals surface area (Å²) >= 11 is 3.49. The Balaban J connectivity index is 1.58. The van der Waals surface area contributed by atoms with E-state index in [4.69, 9.17) is 0 Å². The van der Waals surface area contributed by atoms with Gasteiger partial charge in [0.05, 0.1) is 22.3 Å². The number of aromatic carboxylic acids is 1. The van der Waals surface area contributed by atoms with Crippen molar-refractivity contribution in [3.63, 3.8) is 0 Å². The number of carboxylic acid groups (broad SMARTS) is 1. The van der Waals surface area contributed by atoms with E-state index in [0.29, 0.717) is 34.0 Å². The molecule has 0 bridgehead atoms. The number of pyridine rings is 1. The van der Waals surface area contributed by atoms with Gasteiger partial charge in [-0.2, -0.15) is 13.2 Å². The Hall–Kier alpha value is -4.17. The molecular weight excluding hydrogens is 593 g/mol. The van der Waals surface area contributed by atoms with E-state index < -0.39 is 17.7 Å². The summed E-state index contributed by atoms with van der Waals surface area (Å²) in [6.45, 7) is 4.06. The molecule has 4 nitrogen and oxygen atoms in total. The quantitative estimate of drug-likeness (QED) is 0.191. The summed E-state index contributed by atoms with van der Waals surface area (Å²) in [4.78, 5) is 15.9. The van der Waals surface area contributed by atoms with E-state index in [0.717, 1.165) is 39.6 Å². The number of fused-ring (bicyclic) bond motifs is 1. The normalized spacial score (nSPS) is 11.6. The maximum absolute atomic E-state index is 13.9. The number of anilines is 1. The number of aromatic nitrogens is 1. The Morgan fingerprint density at radius 1 is 0.927 bits per heavy atom. The topological polar surface area (TPSA) is 62.2 Å². The summed E-state index contributed by atoms with van der Waals surface area (Å²) in [7, 11) is 0. The Morgan fingerprint density at radius 3 is 2.34 bits per heavy atom. The predicted octanol–water partition coefficient (Wildman–Crippen LogP) is 9.20. The van der Waals surface area contributed by atoms with Crippen molar-refractivity contribution in [1.29, 1.82) is 0 Å². The van der Waals surface area contributed by atoms with Gasteiger partial charge in [-0.3, -0.25) is 4.98 Å². The van der Waals surface area contributed by atoms with Gasteiger partial charge in [-0.15, -0.1) is 0 Å². The molecule has 0 spiro atoms. The monoisotopic (exact) mass is 618 g/mol. The van der Waals surface area contributed by atoms with Crippen LogP contribution in [0.1, 0.15) is 43.7 Å². The van der Waals surface area contributed by atoms with Crippen molar-refractivity contribution >= 4 is 38.5 Å². The van der Waals surface area contributed by atoms with Crippen molar-refractivity contribution in [2.45, 2.75) is 33.0 Å². The molecule has 0 radical (unpaired) electrons. The van der Waals surface area contributed by atoms with Crippen molar-refractivity contribution in [2.24, 2.45) is 0 Å². The molecule has 0 amide bonds. The second-order valence-corrected chi connectivity index (χ2v) is 10.8. The summed E-state index contributed by atoms with van der Waals surface area (Å²) in [6.07, 6.45) is -2.46. The molecule has 0 unspecified atom stereocenters. The number of hydrogen-bond acceptors (Lipinski definition) is 3. The molecule has 41 heavy (non-hydrogen) atoms. The van der Waals surface area contributed by atoms with E-state index in [9.17, 15) is 23.1 Å². The number of para-hydroxylation sites is 1. The van der Waals surface area contributed by atoms with Crippen molar-refractivity contribution in [3.8, 4) is 11.1 Å². The molecule has 2 N–H and O–H groups in total. The number of alkyl halides is 3. The fourth-order valence-electron chi connectivity index (χ4n) is 5.13. The molecule has 0 saturated heterocycles. The zero-order valence-corrected chi connectivity index (χ0v) is 23.9. The van der Waals surface area contributed by atoms with Crippen molar-refractivity contribution in [1.82, 2.24) is 4.98 Å². The van der Waals surface area contributed by atoms with E-state index in [1.54, 1.807) is 25.3 Å². The Morgan fingerprint density at radius 2 is 1.63 bits per heavy atom. The summed E-state index contributed by atoms with van der Waals surface area (Å²) < 4.78 is 42.3. The Labute approximate surface area is 244 Å². The lowest BCUT2D eigenvalue weighted by Gasteiger charge is -2.18. The van der Waals surface area contributed by atoms with Gasteiger partial charge in [-0.1, -0.05) is 60.7 Å². The molecule has 0 fully saturated rings. The first-order valence-corrected chi connectivity index (χ1v) is 13.7. The van der Waals surface area contributed by atoms with Gasteiger partial charge >= 0.3 is 12.1 Å². The highest BCUT2D eigenvalue weighted by Crippen LogP contribution is 2.39. The number of carboxylic acids is 1. The molecule has 8 heteroatoms. The van der Waals surface area contributed by atoms with E-state index in [2.05, 4.69) is 26.2 Å². The highest BCUT2D eigenvalue weighted by atomic mass is 79.9. The molecule has 0 aliphatic carbocycles. The number of nitrogens with one attached hydrogen (secondary N) is 1. The highest BCUT2D eigenvalue weighted by molar-refractivity contribution is 9.10. The van der Waals surface area contributed by atoms with Crippen LogP contribution in [0.15, 0.2) is 89.5 Å². The second-order valence-electron chi connectivity index (χ2n) is 9.91. The lowest BCUT2D eigenvalue weighted by molar-refractivity contribution is -0.136. The van der Waals surface area contributed by atoms with Crippen LogP contribution < -0.4 is 5.32 Å². The summed E-state index contributed by atoms with van der Waals surface area (Å²) in [5.74, 6) is -0.991. The lowest BCUT2D eigenvalue weighted by Crippen LogP contribution is -2.08. The summed E-state index contributed by atoms with van der Waals surface area (Å²) in [6, 6.07) is 23.2. The molecule has 1 aromatic heterocycles. The molecular formula is C33H26BrF3N2O2. The van der Waals surface area contributed by atoms with Crippen LogP contribution in [0.3, 0.4) is 0 Å². The number of halogens is 4. The maximum atomic E-state index is 13.9. The zero-order chi connectivity index (χ0) is 29.3. The standard InChI is InChI=1S/C33H26BrF3N2O2/c1-19-20(2)30(28(34)16-26(19)32(40)41)38-17-22-10-6-11-23(15-22)29-24(14-21-8-4-3-5-9-21)18-39-31-25(29)12-7-13-27(31)33(35,36)37/h3-13,15-16,18,38H,14,17H2,1-2H3,(H,40,41). The minimum Gasteiger partial charge on any atom is -0.478 e. The smallest absolute Gasteiger partial charge is 0.418 e. The molecule has 1 heterocycles. The fourth-order valence-corrected chi connectivity index (χ4v) is 5.79. The van der Waals surface area contributed by atoms with Gasteiger partial charge in [0, 0.05) is 22.6 Å². The summed E-state index contributed by atoms with van der Waals surface area (Å²) in [5, 5.41) is 13.3. The lowest BCUT2D eigenvalue weighted by atomic mass is 9.91. The van der Waals surface area contributed by atoms with Gasteiger partial charge in [0.25, 0.3) is 0 Å². The van der Waals surface area contributed by atoms with Gasteiger partial charge in [0.1, 0.15) is 0 Å². The number of benzene rings is 4. The van der Waals surface area contributed by atoms with E-state index >= 15 is 0 Å². The number of hydrogen-bond donors (Lipinski definition) is 2. The molecule has 208 valence electrons. The molecule has 0 aliphatic heterocycles. The van der Waals surface area contributed by atoms with E-state index in [-0.39, 0.29) is 11.1 Å². The highest BCUT2D eigenvalue weighted by Gasteiger charge is 2.33. The van der Waals surface area contributed by atoms with Crippen LogP contribution >= 0.6 is 15.9 Å². The first-order valence-electron chi connectivity index (χ1n) is 12.9. The molecule has 0 atom stereocenters. The van der Waals surface area contributed by atoms with Crippen LogP contribution in [0.2, 0.25) is 0 Å². The molecule has 0 aliphatic rings. The average Bonchev–Trinajstić information content (AvgIpc) is 2.94. The summed E-state index contributed by atoms with van der Waals surface area (Å²) in [5.41, 5.74) is 5.93. The van der Waals surface area contributed by atoms with Crippen LogP contribution in [0.4, 0.5) is 18.9 Å². The SMILES string of the molecule is Cc1c(C(=O)O)cc(Br)c(NCc2cccc(-c3c(Cc4ccccc4)cnc4c(C(F)(F)F)cccc34)c2)c1C. The number of carbonyl (C=O) groups is 1. The Bertz CT molecular complexity index is 1770. The van der Waals surface area contributed by atoms with E-state index in [1.807, 2.05) is 61.5 Å². The fraction of sp³-hybridized carbons (Fsp3) is 0.152. The Kier molecular flexibility index (Phi) is 7.87. The average molecular weight is 619 g/mol. The van der Waals surface area contributed by atoms with Gasteiger partial charge in [0.2, 0.25) is 0 Å². The van der Waals surface area contributed by atoms with Crippen LogP contribution in [0.5, 0.6) is 0 Å². The predicted molar refractivity (Wildman–Crippen MR) is 159 cm³/mol. The first-order chi connectivity index (χ1) is 19.5. The third-order valence-electron chi connectivity index (χ3n) is 7.29. The first kappa shape index (κ1) is 28.4. The molecule has 4 aromatic carbocycles. The second kappa shape index (κ2) is 11.4. The van der Waals surface area contributed by atoms with Gasteiger partial charge in [-0.05, 0) is 93.3 Å². The van der Waals surface area contributed by atoms with Crippen molar-refractivity contribution in [3.05, 3.63) is 128 Å². The number of nitrogens with zero attached hydrogens (tertiary/aromatic N) is 1. The van der Waals surface area contributed by atoms with Gasteiger partial charge in [-0.25, -0.2) is 4.79 Å².